The third-order valence-corrected chi connectivity index (χ3v) is 3.07. The van der Waals surface area contributed by atoms with Gasteiger partial charge < -0.3 is 14.5 Å². The van der Waals surface area contributed by atoms with Crippen LogP contribution in [0.25, 0.3) is 0 Å². The van der Waals surface area contributed by atoms with Crippen LogP contribution in [0, 0.1) is 5.82 Å². The highest BCUT2D eigenvalue weighted by molar-refractivity contribution is 5.68. The van der Waals surface area contributed by atoms with E-state index >= 15 is 0 Å². The van der Waals surface area contributed by atoms with E-state index in [0.717, 1.165) is 0 Å². The van der Waals surface area contributed by atoms with E-state index in [9.17, 15) is 9.18 Å². The lowest BCUT2D eigenvalue weighted by molar-refractivity contribution is 0.0751. The molecule has 0 N–H and O–H groups in total. The number of anilines is 1. The van der Waals surface area contributed by atoms with Gasteiger partial charge in [-0.05, 0) is 26.0 Å². The highest BCUT2D eigenvalue weighted by Gasteiger charge is 2.23. The number of nitrogens with zero attached hydrogens (tertiary/aromatic N) is 2. The van der Waals surface area contributed by atoms with Crippen molar-refractivity contribution in [2.45, 2.75) is 20.0 Å². The molecule has 0 atom stereocenters. The van der Waals surface area contributed by atoms with E-state index in [0.29, 0.717) is 31.9 Å². The topological polar surface area (TPSA) is 32.8 Å². The van der Waals surface area contributed by atoms with Crippen molar-refractivity contribution in [3.63, 3.8) is 0 Å². The summed E-state index contributed by atoms with van der Waals surface area (Å²) < 4.78 is 18.8. The number of hydrogen-bond donors (Lipinski definition) is 0. The van der Waals surface area contributed by atoms with Gasteiger partial charge in [0.2, 0.25) is 0 Å². The van der Waals surface area contributed by atoms with Gasteiger partial charge in [0.15, 0.2) is 0 Å². The summed E-state index contributed by atoms with van der Waals surface area (Å²) in [5.74, 6) is -0.222. The standard InChI is InChI=1S/C14H19FN2O2/c1-11(2)19-14(18)17-9-7-16(8-10-17)13-6-4-3-5-12(13)15/h3-6,11H,7-10H2,1-2H3. The third-order valence-electron chi connectivity index (χ3n) is 3.07. The Kier molecular flexibility index (Phi) is 4.24. The van der Waals surface area contributed by atoms with Crippen LogP contribution in [0.4, 0.5) is 14.9 Å². The Morgan fingerprint density at radius 1 is 1.21 bits per heavy atom. The second-order valence-corrected chi connectivity index (χ2v) is 4.86. The molecule has 0 saturated carbocycles. The minimum Gasteiger partial charge on any atom is -0.447 e. The highest BCUT2D eigenvalue weighted by Crippen LogP contribution is 2.20. The lowest BCUT2D eigenvalue weighted by atomic mass is 10.2. The average molecular weight is 266 g/mol. The Morgan fingerprint density at radius 2 is 1.84 bits per heavy atom. The molecule has 4 nitrogen and oxygen atoms in total. The van der Waals surface area contributed by atoms with E-state index in [2.05, 4.69) is 0 Å². The molecule has 2 rings (SSSR count). The number of piperazine rings is 1. The number of rotatable bonds is 2. The summed E-state index contributed by atoms with van der Waals surface area (Å²) >= 11 is 0. The molecule has 0 bridgehead atoms. The van der Waals surface area contributed by atoms with Crippen molar-refractivity contribution in [2.75, 3.05) is 31.1 Å². The fourth-order valence-electron chi connectivity index (χ4n) is 2.11. The first-order valence-electron chi connectivity index (χ1n) is 6.53. The minimum atomic E-state index is -0.289. The summed E-state index contributed by atoms with van der Waals surface area (Å²) in [7, 11) is 0. The van der Waals surface area contributed by atoms with Gasteiger partial charge in [-0.2, -0.15) is 0 Å². The number of halogens is 1. The van der Waals surface area contributed by atoms with E-state index in [1.54, 1.807) is 17.0 Å². The van der Waals surface area contributed by atoms with Crippen molar-refractivity contribution in [3.8, 4) is 0 Å². The molecule has 1 aromatic rings. The fraction of sp³-hybridized carbons (Fsp3) is 0.500. The molecular formula is C14H19FN2O2. The Hall–Kier alpha value is -1.78. The Balaban J connectivity index is 1.93. The summed E-state index contributed by atoms with van der Waals surface area (Å²) in [4.78, 5) is 15.3. The van der Waals surface area contributed by atoms with Crippen molar-refractivity contribution in [1.82, 2.24) is 4.90 Å². The van der Waals surface area contributed by atoms with Gasteiger partial charge in [-0.15, -0.1) is 0 Å². The summed E-state index contributed by atoms with van der Waals surface area (Å²) in [6.07, 6.45) is -0.403. The van der Waals surface area contributed by atoms with Crippen LogP contribution in [0.1, 0.15) is 13.8 Å². The van der Waals surface area contributed by atoms with Crippen molar-refractivity contribution < 1.29 is 13.9 Å². The molecule has 1 fully saturated rings. The van der Waals surface area contributed by atoms with Crippen LogP contribution in [-0.4, -0.2) is 43.3 Å². The lowest BCUT2D eigenvalue weighted by Gasteiger charge is -2.35. The first kappa shape index (κ1) is 13.6. The largest absolute Gasteiger partial charge is 0.447 e. The fourth-order valence-corrected chi connectivity index (χ4v) is 2.11. The maximum absolute atomic E-state index is 13.7. The second kappa shape index (κ2) is 5.91. The zero-order valence-electron chi connectivity index (χ0n) is 11.3. The summed E-state index contributed by atoms with van der Waals surface area (Å²) in [6.45, 7) is 6.00. The summed E-state index contributed by atoms with van der Waals surface area (Å²) in [6, 6.07) is 6.71. The van der Waals surface area contributed by atoms with E-state index in [1.165, 1.54) is 6.07 Å². The monoisotopic (exact) mass is 266 g/mol. The van der Waals surface area contributed by atoms with Crippen LogP contribution in [0.3, 0.4) is 0 Å². The van der Waals surface area contributed by atoms with Gasteiger partial charge in [-0.3, -0.25) is 0 Å². The molecule has 5 heteroatoms. The highest BCUT2D eigenvalue weighted by atomic mass is 19.1. The normalized spacial score (nSPS) is 15.8. The molecular weight excluding hydrogens is 247 g/mol. The Morgan fingerprint density at radius 3 is 2.42 bits per heavy atom. The molecule has 1 aliphatic heterocycles. The Bertz CT molecular complexity index is 443. The predicted octanol–water partition coefficient (Wildman–Crippen LogP) is 2.49. The molecule has 1 heterocycles. The number of carbonyl (C=O) groups is 1. The molecule has 0 radical (unpaired) electrons. The lowest BCUT2D eigenvalue weighted by Crippen LogP contribution is -2.49. The molecule has 1 aliphatic rings. The number of ether oxygens (including phenoxy) is 1. The first-order valence-corrected chi connectivity index (χ1v) is 6.53. The van der Waals surface area contributed by atoms with E-state index in [1.807, 2.05) is 24.8 Å². The van der Waals surface area contributed by atoms with E-state index in [4.69, 9.17) is 4.74 Å². The van der Waals surface area contributed by atoms with Crippen LogP contribution in [0.2, 0.25) is 0 Å². The van der Waals surface area contributed by atoms with Gasteiger partial charge in [0.05, 0.1) is 11.8 Å². The second-order valence-electron chi connectivity index (χ2n) is 4.86. The number of amides is 1. The van der Waals surface area contributed by atoms with Crippen LogP contribution in [0.15, 0.2) is 24.3 Å². The smallest absolute Gasteiger partial charge is 0.410 e. The van der Waals surface area contributed by atoms with Crippen LogP contribution >= 0.6 is 0 Å². The van der Waals surface area contributed by atoms with Gasteiger partial charge in [0, 0.05) is 26.2 Å². The summed E-state index contributed by atoms with van der Waals surface area (Å²) in [5.41, 5.74) is 0.597. The summed E-state index contributed by atoms with van der Waals surface area (Å²) in [5, 5.41) is 0. The molecule has 1 saturated heterocycles. The van der Waals surface area contributed by atoms with Gasteiger partial charge in [-0.1, -0.05) is 12.1 Å². The molecule has 104 valence electrons. The first-order chi connectivity index (χ1) is 9.08. The van der Waals surface area contributed by atoms with Crippen LogP contribution in [-0.2, 0) is 4.74 Å². The molecule has 0 spiro atoms. The predicted molar refractivity (Wildman–Crippen MR) is 71.8 cm³/mol. The molecule has 1 amide bonds. The van der Waals surface area contributed by atoms with Gasteiger partial charge >= 0.3 is 6.09 Å². The molecule has 0 aromatic heterocycles. The number of hydrogen-bond acceptors (Lipinski definition) is 3. The minimum absolute atomic E-state index is 0.114. The maximum atomic E-state index is 13.7. The Labute approximate surface area is 112 Å². The van der Waals surface area contributed by atoms with Crippen LogP contribution < -0.4 is 4.90 Å². The molecule has 0 unspecified atom stereocenters. The quantitative estimate of drug-likeness (QED) is 0.824. The van der Waals surface area contributed by atoms with E-state index in [-0.39, 0.29) is 18.0 Å². The van der Waals surface area contributed by atoms with Gasteiger partial charge in [0.1, 0.15) is 5.82 Å². The maximum Gasteiger partial charge on any atom is 0.410 e. The van der Waals surface area contributed by atoms with Crippen molar-refractivity contribution >= 4 is 11.8 Å². The SMILES string of the molecule is CC(C)OC(=O)N1CCN(c2ccccc2F)CC1. The molecule has 1 aromatic carbocycles. The molecule has 0 aliphatic carbocycles. The van der Waals surface area contributed by atoms with Crippen LogP contribution in [0.5, 0.6) is 0 Å². The van der Waals surface area contributed by atoms with Gasteiger partial charge in [-0.25, -0.2) is 9.18 Å². The average Bonchev–Trinajstić information content (AvgIpc) is 2.39. The zero-order chi connectivity index (χ0) is 13.8. The molecule has 19 heavy (non-hydrogen) atoms. The zero-order valence-corrected chi connectivity index (χ0v) is 11.3. The van der Waals surface area contributed by atoms with Crippen molar-refractivity contribution in [3.05, 3.63) is 30.1 Å². The van der Waals surface area contributed by atoms with Crippen molar-refractivity contribution in [2.24, 2.45) is 0 Å². The number of para-hydroxylation sites is 1. The third kappa shape index (κ3) is 3.36. The van der Waals surface area contributed by atoms with Crippen molar-refractivity contribution in [1.29, 1.82) is 0 Å². The number of carbonyl (C=O) groups excluding carboxylic acids is 1. The van der Waals surface area contributed by atoms with Gasteiger partial charge in [0.25, 0.3) is 0 Å². The van der Waals surface area contributed by atoms with E-state index < -0.39 is 0 Å². The number of benzene rings is 1.